The minimum Gasteiger partial charge on any atom is -0.339 e. The van der Waals surface area contributed by atoms with Crippen molar-refractivity contribution in [2.24, 2.45) is 0 Å². The van der Waals surface area contributed by atoms with Crippen LogP contribution in [-0.4, -0.2) is 36.5 Å². The van der Waals surface area contributed by atoms with Crippen molar-refractivity contribution < 1.29 is 4.79 Å². The van der Waals surface area contributed by atoms with E-state index in [9.17, 15) is 4.79 Å². The topological polar surface area (TPSA) is 32.3 Å². The van der Waals surface area contributed by atoms with E-state index in [2.05, 4.69) is 12.2 Å². The molecule has 2 rings (SSSR count). The second-order valence-corrected chi connectivity index (χ2v) is 6.17. The highest BCUT2D eigenvalue weighted by molar-refractivity contribution is 6.30. The molecule has 1 aromatic carbocycles. The molecule has 1 aliphatic rings. The van der Waals surface area contributed by atoms with Crippen LogP contribution in [0.25, 0.3) is 0 Å². The van der Waals surface area contributed by atoms with Crippen molar-refractivity contribution in [2.45, 2.75) is 32.2 Å². The van der Waals surface area contributed by atoms with Crippen LogP contribution >= 0.6 is 24.0 Å². The van der Waals surface area contributed by atoms with Crippen molar-refractivity contribution in [3.63, 3.8) is 0 Å². The van der Waals surface area contributed by atoms with Gasteiger partial charge in [0.1, 0.15) is 0 Å². The number of piperazine rings is 1. The molecule has 1 N–H and O–H groups in total. The third-order valence-corrected chi connectivity index (χ3v) is 4.01. The quantitative estimate of drug-likeness (QED) is 0.910. The number of nitrogens with zero attached hydrogens (tertiary/aromatic N) is 1. The van der Waals surface area contributed by atoms with Crippen molar-refractivity contribution in [3.05, 3.63) is 34.9 Å². The van der Waals surface area contributed by atoms with Gasteiger partial charge in [0, 0.05) is 30.7 Å². The Morgan fingerprint density at radius 2 is 1.95 bits per heavy atom. The number of nitrogens with one attached hydrogen (secondary N) is 1. The largest absolute Gasteiger partial charge is 0.339 e. The maximum absolute atomic E-state index is 12.7. The van der Waals surface area contributed by atoms with Crippen molar-refractivity contribution in [2.75, 3.05) is 19.6 Å². The standard InChI is InChI=1S/C15H21ClN2O.ClH/c1-11-10-18(9-8-17-11)14(19)15(2,3)12-4-6-13(16)7-5-12;/h4-7,11,17H,8-10H2,1-3H3;1H. The average Bonchev–Trinajstić information content (AvgIpc) is 2.38. The lowest BCUT2D eigenvalue weighted by Gasteiger charge is -2.37. The lowest BCUT2D eigenvalue weighted by Crippen LogP contribution is -2.55. The van der Waals surface area contributed by atoms with E-state index in [0.29, 0.717) is 11.1 Å². The average molecular weight is 317 g/mol. The molecule has 1 aliphatic heterocycles. The minimum absolute atomic E-state index is 0. The van der Waals surface area contributed by atoms with Crippen LogP contribution < -0.4 is 5.32 Å². The fourth-order valence-electron chi connectivity index (χ4n) is 2.50. The summed E-state index contributed by atoms with van der Waals surface area (Å²) < 4.78 is 0. The summed E-state index contributed by atoms with van der Waals surface area (Å²) in [7, 11) is 0. The van der Waals surface area contributed by atoms with Crippen LogP contribution in [0.3, 0.4) is 0 Å². The van der Waals surface area contributed by atoms with Gasteiger partial charge in [0.15, 0.2) is 0 Å². The fraction of sp³-hybridized carbons (Fsp3) is 0.533. The van der Waals surface area contributed by atoms with Crippen molar-refractivity contribution in [3.8, 4) is 0 Å². The first kappa shape index (κ1) is 17.3. The summed E-state index contributed by atoms with van der Waals surface area (Å²) in [6.07, 6.45) is 0. The van der Waals surface area contributed by atoms with Crippen LogP contribution in [0.5, 0.6) is 0 Å². The molecule has 112 valence electrons. The molecular formula is C15H22Cl2N2O. The van der Waals surface area contributed by atoms with Gasteiger partial charge in [-0.1, -0.05) is 23.7 Å². The van der Waals surface area contributed by atoms with Gasteiger partial charge in [0.25, 0.3) is 0 Å². The van der Waals surface area contributed by atoms with Gasteiger partial charge < -0.3 is 10.2 Å². The molecule has 1 fully saturated rings. The van der Waals surface area contributed by atoms with E-state index in [1.165, 1.54) is 0 Å². The Balaban J connectivity index is 0.00000200. The molecule has 0 saturated carbocycles. The zero-order chi connectivity index (χ0) is 14.0. The molecule has 1 heterocycles. The van der Waals surface area contributed by atoms with Gasteiger partial charge in [-0.15, -0.1) is 12.4 Å². The summed E-state index contributed by atoms with van der Waals surface area (Å²) in [6.45, 7) is 8.48. The molecule has 1 unspecified atom stereocenters. The van der Waals surface area contributed by atoms with E-state index in [1.807, 2.05) is 43.0 Å². The maximum atomic E-state index is 12.7. The minimum atomic E-state index is -0.512. The number of carbonyl (C=O) groups excluding carboxylic acids is 1. The van der Waals surface area contributed by atoms with E-state index in [4.69, 9.17) is 11.6 Å². The first-order valence-corrected chi connectivity index (χ1v) is 7.08. The highest BCUT2D eigenvalue weighted by Gasteiger charge is 2.35. The normalized spacial score (nSPS) is 19.4. The number of hydrogen-bond donors (Lipinski definition) is 1. The van der Waals surface area contributed by atoms with Crippen molar-refractivity contribution in [1.82, 2.24) is 10.2 Å². The second kappa shape index (κ2) is 6.79. The van der Waals surface area contributed by atoms with Crippen LogP contribution in [0.2, 0.25) is 5.02 Å². The number of benzene rings is 1. The van der Waals surface area contributed by atoms with Crippen molar-refractivity contribution >= 4 is 29.9 Å². The smallest absolute Gasteiger partial charge is 0.232 e. The fourth-order valence-corrected chi connectivity index (χ4v) is 2.63. The monoisotopic (exact) mass is 316 g/mol. The van der Waals surface area contributed by atoms with Crippen LogP contribution in [0, 0.1) is 0 Å². The van der Waals surface area contributed by atoms with E-state index in [0.717, 1.165) is 25.2 Å². The predicted octanol–water partition coefficient (Wildman–Crippen LogP) is 2.86. The lowest BCUT2D eigenvalue weighted by molar-refractivity contribution is -0.137. The van der Waals surface area contributed by atoms with Crippen LogP contribution in [0.1, 0.15) is 26.3 Å². The molecule has 3 nitrogen and oxygen atoms in total. The van der Waals surface area contributed by atoms with E-state index >= 15 is 0 Å². The molecule has 0 aromatic heterocycles. The van der Waals surface area contributed by atoms with E-state index in [1.54, 1.807) is 0 Å². The number of amides is 1. The third kappa shape index (κ3) is 3.66. The molecule has 1 aromatic rings. The van der Waals surface area contributed by atoms with Gasteiger partial charge in [-0.2, -0.15) is 0 Å². The van der Waals surface area contributed by atoms with E-state index in [-0.39, 0.29) is 18.3 Å². The molecule has 0 radical (unpaired) electrons. The summed E-state index contributed by atoms with van der Waals surface area (Å²) in [5, 5.41) is 4.05. The first-order chi connectivity index (χ1) is 8.91. The summed E-state index contributed by atoms with van der Waals surface area (Å²) in [5.74, 6) is 0.183. The Bertz CT molecular complexity index is 459. The van der Waals surface area contributed by atoms with Gasteiger partial charge in [0.05, 0.1) is 5.41 Å². The summed E-state index contributed by atoms with van der Waals surface area (Å²) >= 11 is 5.91. The van der Waals surface area contributed by atoms with E-state index < -0.39 is 5.41 Å². The first-order valence-electron chi connectivity index (χ1n) is 6.70. The predicted molar refractivity (Wildman–Crippen MR) is 85.8 cm³/mol. The molecule has 1 atom stereocenters. The number of halogens is 2. The summed E-state index contributed by atoms with van der Waals surface area (Å²) in [6, 6.07) is 7.91. The van der Waals surface area contributed by atoms with Crippen LogP contribution in [-0.2, 0) is 10.2 Å². The maximum Gasteiger partial charge on any atom is 0.232 e. The number of carbonyl (C=O) groups is 1. The van der Waals surface area contributed by atoms with Gasteiger partial charge in [-0.05, 0) is 38.5 Å². The SMILES string of the molecule is CC1CN(C(=O)C(C)(C)c2ccc(Cl)cc2)CCN1.Cl. The Morgan fingerprint density at radius 1 is 1.35 bits per heavy atom. The van der Waals surface area contributed by atoms with Crippen molar-refractivity contribution in [1.29, 1.82) is 0 Å². The van der Waals surface area contributed by atoms with Gasteiger partial charge in [0.2, 0.25) is 5.91 Å². The number of hydrogen-bond acceptors (Lipinski definition) is 2. The second-order valence-electron chi connectivity index (χ2n) is 5.74. The lowest BCUT2D eigenvalue weighted by atomic mass is 9.83. The Hall–Kier alpha value is -0.770. The van der Waals surface area contributed by atoms with Gasteiger partial charge >= 0.3 is 0 Å². The zero-order valence-corrected chi connectivity index (χ0v) is 13.7. The molecule has 1 saturated heterocycles. The van der Waals surface area contributed by atoms with Crippen LogP contribution in [0.4, 0.5) is 0 Å². The highest BCUT2D eigenvalue weighted by atomic mass is 35.5. The molecule has 20 heavy (non-hydrogen) atoms. The molecule has 0 aliphatic carbocycles. The number of rotatable bonds is 2. The Labute approximate surface area is 132 Å². The van der Waals surface area contributed by atoms with Crippen LogP contribution in [0.15, 0.2) is 24.3 Å². The molecule has 1 amide bonds. The molecule has 0 bridgehead atoms. The highest BCUT2D eigenvalue weighted by Crippen LogP contribution is 2.27. The van der Waals surface area contributed by atoms with Gasteiger partial charge in [-0.25, -0.2) is 0 Å². The summed E-state index contributed by atoms with van der Waals surface area (Å²) in [5.41, 5.74) is 0.495. The Morgan fingerprint density at radius 3 is 2.50 bits per heavy atom. The molecular weight excluding hydrogens is 295 g/mol. The Kier molecular flexibility index (Phi) is 5.87. The van der Waals surface area contributed by atoms with Gasteiger partial charge in [-0.3, -0.25) is 4.79 Å². The molecule has 5 heteroatoms. The zero-order valence-electron chi connectivity index (χ0n) is 12.1. The summed E-state index contributed by atoms with van der Waals surface area (Å²) in [4.78, 5) is 14.7. The molecule has 0 spiro atoms. The third-order valence-electron chi connectivity index (χ3n) is 3.76.